The van der Waals surface area contributed by atoms with Gasteiger partial charge in [0.2, 0.25) is 5.91 Å². The minimum absolute atomic E-state index is 0.0134. The molecule has 0 unspecified atom stereocenters. The van der Waals surface area contributed by atoms with Crippen LogP contribution >= 0.6 is 23.1 Å². The molecule has 170 valence electrons. The molecule has 5 nitrogen and oxygen atoms in total. The zero-order valence-electron chi connectivity index (χ0n) is 19.3. The summed E-state index contributed by atoms with van der Waals surface area (Å²) >= 11 is 3.00. The van der Waals surface area contributed by atoms with Crippen LogP contribution in [0.3, 0.4) is 0 Å². The van der Waals surface area contributed by atoms with Crippen LogP contribution in [0.2, 0.25) is 0 Å². The molecule has 0 radical (unpaired) electrons. The molecule has 1 N–H and O–H groups in total. The van der Waals surface area contributed by atoms with Gasteiger partial charge in [-0.15, -0.1) is 11.3 Å². The van der Waals surface area contributed by atoms with Crippen molar-refractivity contribution in [3.05, 3.63) is 50.1 Å². The molecule has 0 spiro atoms. The maximum Gasteiger partial charge on any atom is 0.267 e. The fourth-order valence-electron chi connectivity index (χ4n) is 4.27. The number of carbonyl (C=O) groups excluding carboxylic acids is 1. The second-order valence-electron chi connectivity index (χ2n) is 8.56. The highest BCUT2D eigenvalue weighted by molar-refractivity contribution is 7.99. The molecule has 1 amide bonds. The highest BCUT2D eigenvalue weighted by Crippen LogP contribution is 2.35. The van der Waals surface area contributed by atoms with Gasteiger partial charge in [-0.2, -0.15) is 0 Å². The molecule has 32 heavy (non-hydrogen) atoms. The van der Waals surface area contributed by atoms with Gasteiger partial charge in [-0.1, -0.05) is 31.7 Å². The zero-order valence-corrected chi connectivity index (χ0v) is 20.9. The van der Waals surface area contributed by atoms with Crippen molar-refractivity contribution in [3.63, 3.8) is 0 Å². The van der Waals surface area contributed by atoms with Gasteiger partial charge >= 0.3 is 0 Å². The van der Waals surface area contributed by atoms with E-state index in [1.54, 1.807) is 15.9 Å². The summed E-state index contributed by atoms with van der Waals surface area (Å²) in [5.41, 5.74) is 4.30. The number of hydrogen-bond acceptors (Lipinski definition) is 5. The first-order chi connectivity index (χ1) is 15.4. The number of fused-ring (bicyclic) bond motifs is 3. The Labute approximate surface area is 197 Å². The van der Waals surface area contributed by atoms with Crippen LogP contribution in [0.25, 0.3) is 15.9 Å². The van der Waals surface area contributed by atoms with Crippen LogP contribution in [0, 0.1) is 13.8 Å². The Morgan fingerprint density at radius 1 is 1.19 bits per heavy atom. The van der Waals surface area contributed by atoms with Crippen LogP contribution < -0.4 is 10.9 Å². The molecule has 2 aromatic heterocycles. The smallest absolute Gasteiger partial charge is 0.267 e. The number of carbonyl (C=O) groups is 1. The van der Waals surface area contributed by atoms with Crippen LogP contribution in [0.1, 0.15) is 61.1 Å². The minimum atomic E-state index is -0.0184. The second-order valence-corrected chi connectivity index (χ2v) is 10.6. The molecular formula is C25H31N3O2S2. The lowest BCUT2D eigenvalue weighted by atomic mass is 9.97. The van der Waals surface area contributed by atoms with Gasteiger partial charge in [0.15, 0.2) is 5.16 Å². The summed E-state index contributed by atoms with van der Waals surface area (Å²) in [4.78, 5) is 33.4. The van der Waals surface area contributed by atoms with Gasteiger partial charge in [0.1, 0.15) is 4.83 Å². The number of thioether (sulfide) groups is 1. The molecule has 0 bridgehead atoms. The van der Waals surface area contributed by atoms with Crippen molar-refractivity contribution in [1.82, 2.24) is 14.9 Å². The largest absolute Gasteiger partial charge is 0.353 e. The number of aromatic nitrogens is 2. The van der Waals surface area contributed by atoms with E-state index >= 15 is 0 Å². The number of thiophene rings is 1. The van der Waals surface area contributed by atoms with Crippen molar-refractivity contribution >= 4 is 39.2 Å². The molecule has 0 aliphatic heterocycles. The van der Waals surface area contributed by atoms with Crippen molar-refractivity contribution in [2.45, 2.75) is 77.4 Å². The molecule has 1 aliphatic rings. The number of aryl methyl sites for hydroxylation is 4. The average Bonchev–Trinajstić information content (AvgIpc) is 3.16. The number of benzene rings is 1. The lowest BCUT2D eigenvalue weighted by molar-refractivity contribution is -0.119. The lowest BCUT2D eigenvalue weighted by Gasteiger charge is -2.16. The summed E-state index contributed by atoms with van der Waals surface area (Å²) in [6.07, 6.45) is 6.08. The van der Waals surface area contributed by atoms with Crippen molar-refractivity contribution in [3.8, 4) is 5.69 Å². The Kier molecular flexibility index (Phi) is 7.05. The van der Waals surface area contributed by atoms with Gasteiger partial charge in [-0.05, 0) is 81.2 Å². The Morgan fingerprint density at radius 3 is 2.66 bits per heavy atom. The van der Waals surface area contributed by atoms with Gasteiger partial charge in [0.25, 0.3) is 5.56 Å². The summed E-state index contributed by atoms with van der Waals surface area (Å²) in [7, 11) is 0. The average molecular weight is 470 g/mol. The van der Waals surface area contributed by atoms with Crippen molar-refractivity contribution in [2.75, 3.05) is 5.75 Å². The first-order valence-electron chi connectivity index (χ1n) is 11.5. The molecule has 0 atom stereocenters. The molecule has 7 heteroatoms. The normalized spacial score (nSPS) is 13.5. The zero-order chi connectivity index (χ0) is 22.8. The van der Waals surface area contributed by atoms with Crippen LogP contribution in [0.15, 0.2) is 28.2 Å². The summed E-state index contributed by atoms with van der Waals surface area (Å²) in [6, 6.07) is 6.24. The molecule has 0 saturated carbocycles. The number of nitrogens with zero attached hydrogens (tertiary/aromatic N) is 2. The van der Waals surface area contributed by atoms with Crippen LogP contribution in [-0.4, -0.2) is 27.3 Å². The van der Waals surface area contributed by atoms with Gasteiger partial charge in [0, 0.05) is 10.9 Å². The molecule has 3 aromatic rings. The summed E-state index contributed by atoms with van der Waals surface area (Å²) < 4.78 is 1.71. The Balaban J connectivity index is 1.78. The van der Waals surface area contributed by atoms with Gasteiger partial charge < -0.3 is 5.32 Å². The number of rotatable bonds is 7. The fraction of sp³-hybridized carbons (Fsp3) is 0.480. The third-order valence-corrected chi connectivity index (χ3v) is 8.51. The van der Waals surface area contributed by atoms with E-state index in [1.165, 1.54) is 34.2 Å². The highest BCUT2D eigenvalue weighted by Gasteiger charge is 2.23. The molecule has 1 aliphatic carbocycles. The molecule has 1 aromatic carbocycles. The van der Waals surface area contributed by atoms with E-state index in [0.29, 0.717) is 5.16 Å². The van der Waals surface area contributed by atoms with Gasteiger partial charge in [0.05, 0.1) is 16.8 Å². The van der Waals surface area contributed by atoms with Crippen LogP contribution in [-0.2, 0) is 17.6 Å². The van der Waals surface area contributed by atoms with Crippen LogP contribution in [0.4, 0.5) is 0 Å². The molecule has 0 fully saturated rings. The molecular weight excluding hydrogens is 438 g/mol. The van der Waals surface area contributed by atoms with E-state index in [9.17, 15) is 9.59 Å². The summed E-state index contributed by atoms with van der Waals surface area (Å²) in [6.45, 7) is 8.27. The first kappa shape index (κ1) is 23.1. The lowest BCUT2D eigenvalue weighted by Crippen LogP contribution is -2.35. The summed E-state index contributed by atoms with van der Waals surface area (Å²) in [5.74, 6) is 0.222. The highest BCUT2D eigenvalue weighted by atomic mass is 32.2. The standard InChI is InChI=1S/C25H31N3O2S2/c1-5-17(6-2)26-21(29)14-31-25-27-23-22(19-9-7-8-10-20(19)32-23)24(30)28(25)18-12-11-15(3)16(4)13-18/h11-13,17H,5-10,14H2,1-4H3,(H,26,29). The van der Waals surface area contributed by atoms with Crippen molar-refractivity contribution in [1.29, 1.82) is 0 Å². The van der Waals surface area contributed by atoms with Gasteiger partial charge in [-0.25, -0.2) is 4.98 Å². The third kappa shape index (κ3) is 4.50. The predicted molar refractivity (Wildman–Crippen MR) is 135 cm³/mol. The van der Waals surface area contributed by atoms with Gasteiger partial charge in [-0.3, -0.25) is 14.2 Å². The molecule has 0 saturated heterocycles. The van der Waals surface area contributed by atoms with E-state index in [4.69, 9.17) is 4.98 Å². The van der Waals surface area contributed by atoms with E-state index in [2.05, 4.69) is 33.0 Å². The Morgan fingerprint density at radius 2 is 1.94 bits per heavy atom. The topological polar surface area (TPSA) is 64.0 Å². The molecule has 2 heterocycles. The van der Waals surface area contributed by atoms with Crippen molar-refractivity contribution in [2.24, 2.45) is 0 Å². The number of amides is 1. The Bertz CT molecular complexity index is 1210. The fourth-order valence-corrected chi connectivity index (χ4v) is 6.39. The minimum Gasteiger partial charge on any atom is -0.353 e. The van der Waals surface area contributed by atoms with Crippen molar-refractivity contribution < 1.29 is 4.79 Å². The molecule has 4 rings (SSSR count). The first-order valence-corrected chi connectivity index (χ1v) is 13.3. The monoisotopic (exact) mass is 469 g/mol. The maximum absolute atomic E-state index is 13.8. The quantitative estimate of drug-likeness (QED) is 0.375. The van der Waals surface area contributed by atoms with E-state index in [-0.39, 0.29) is 23.3 Å². The summed E-state index contributed by atoms with van der Waals surface area (Å²) in [5, 5.41) is 4.44. The van der Waals surface area contributed by atoms with E-state index in [1.807, 2.05) is 18.2 Å². The second kappa shape index (κ2) is 9.79. The predicted octanol–water partition coefficient (Wildman–Crippen LogP) is 5.34. The number of hydrogen-bond donors (Lipinski definition) is 1. The third-order valence-electron chi connectivity index (χ3n) is 6.39. The van der Waals surface area contributed by atoms with Crippen LogP contribution in [0.5, 0.6) is 0 Å². The number of nitrogens with one attached hydrogen (secondary N) is 1. The van der Waals surface area contributed by atoms with E-state index in [0.717, 1.165) is 53.6 Å². The SMILES string of the molecule is CCC(CC)NC(=O)CSc1nc2sc3c(c2c(=O)n1-c1ccc(C)c(C)c1)CCCC3. The Hall–Kier alpha value is -2.12. The van der Waals surface area contributed by atoms with E-state index < -0.39 is 0 Å². The maximum atomic E-state index is 13.8.